The summed E-state index contributed by atoms with van der Waals surface area (Å²) in [6, 6.07) is 0. The molecule has 0 aromatic heterocycles. The van der Waals surface area contributed by atoms with Gasteiger partial charge in [-0.1, -0.05) is 0 Å². The normalized spacial score (nSPS) is 17.2. The van der Waals surface area contributed by atoms with E-state index in [0.717, 1.165) is 12.5 Å². The number of hydrogen-bond donors (Lipinski definition) is 1. The van der Waals surface area contributed by atoms with Crippen molar-refractivity contribution < 1.29 is 9.53 Å². The molecule has 0 saturated heterocycles. The molecule has 0 bridgehead atoms. The molecular weight excluding hydrogens is 130 g/mol. The predicted octanol–water partition coefficient (Wildman–Crippen LogP) is 0.288. The van der Waals surface area contributed by atoms with Gasteiger partial charge >= 0.3 is 0 Å². The zero-order valence-electron chi connectivity index (χ0n) is 6.01. The van der Waals surface area contributed by atoms with Crippen LogP contribution >= 0.6 is 0 Å². The summed E-state index contributed by atoms with van der Waals surface area (Å²) in [6.45, 7) is 1.30. The first kappa shape index (κ1) is 7.54. The number of carbonyl (C=O) groups excluding carboxylic acids is 1. The highest BCUT2D eigenvalue weighted by Crippen LogP contribution is 2.28. The fraction of sp³-hybridized carbons (Fsp3) is 0.857. The molecule has 58 valence electrons. The Morgan fingerprint density at radius 3 is 2.80 bits per heavy atom. The van der Waals surface area contributed by atoms with Crippen LogP contribution in [0, 0.1) is 5.92 Å². The topological polar surface area (TPSA) is 52.3 Å². The van der Waals surface area contributed by atoms with E-state index in [4.69, 9.17) is 10.5 Å². The second-order valence-corrected chi connectivity index (χ2v) is 2.73. The highest BCUT2D eigenvalue weighted by Gasteiger charge is 2.20. The smallest absolute Gasteiger partial charge is 0.219 e. The molecule has 1 saturated carbocycles. The fourth-order valence-corrected chi connectivity index (χ4v) is 0.707. The van der Waals surface area contributed by atoms with E-state index >= 15 is 0 Å². The Hall–Kier alpha value is -0.570. The predicted molar refractivity (Wildman–Crippen MR) is 37.4 cm³/mol. The molecule has 3 nitrogen and oxygen atoms in total. The van der Waals surface area contributed by atoms with E-state index in [-0.39, 0.29) is 5.91 Å². The first-order valence-corrected chi connectivity index (χ1v) is 3.65. The lowest BCUT2D eigenvalue weighted by molar-refractivity contribution is -0.119. The second kappa shape index (κ2) is 3.56. The summed E-state index contributed by atoms with van der Waals surface area (Å²) in [4.78, 5) is 10.2. The first-order chi connectivity index (χ1) is 4.79. The summed E-state index contributed by atoms with van der Waals surface area (Å²) in [5.41, 5.74) is 4.91. The third kappa shape index (κ3) is 3.45. The van der Waals surface area contributed by atoms with Gasteiger partial charge in [0.25, 0.3) is 0 Å². The fourth-order valence-electron chi connectivity index (χ4n) is 0.707. The minimum Gasteiger partial charge on any atom is -0.381 e. The van der Waals surface area contributed by atoms with Gasteiger partial charge in [-0.15, -0.1) is 0 Å². The number of nitrogens with two attached hydrogens (primary N) is 1. The molecule has 0 unspecified atom stereocenters. The summed E-state index contributed by atoms with van der Waals surface area (Å²) in [5, 5.41) is 0. The Morgan fingerprint density at radius 1 is 1.60 bits per heavy atom. The van der Waals surface area contributed by atoms with Crippen molar-refractivity contribution in [3.05, 3.63) is 0 Å². The van der Waals surface area contributed by atoms with Crippen molar-refractivity contribution in [2.45, 2.75) is 19.3 Å². The number of primary amides is 1. The molecule has 10 heavy (non-hydrogen) atoms. The van der Waals surface area contributed by atoms with Crippen LogP contribution in [0.25, 0.3) is 0 Å². The van der Waals surface area contributed by atoms with Gasteiger partial charge in [0.1, 0.15) is 0 Å². The minimum absolute atomic E-state index is 0.282. The van der Waals surface area contributed by atoms with E-state index in [1.807, 2.05) is 0 Å². The highest BCUT2D eigenvalue weighted by molar-refractivity contribution is 5.73. The van der Waals surface area contributed by atoms with Crippen LogP contribution in [0.4, 0.5) is 0 Å². The zero-order chi connectivity index (χ0) is 7.40. The molecular formula is C7H13NO2. The summed E-state index contributed by atoms with van der Waals surface area (Å²) in [7, 11) is 0. The molecule has 1 rings (SSSR count). The van der Waals surface area contributed by atoms with Crippen LogP contribution < -0.4 is 5.73 Å². The van der Waals surface area contributed by atoms with Gasteiger partial charge in [-0.3, -0.25) is 4.79 Å². The lowest BCUT2D eigenvalue weighted by Crippen LogP contribution is -2.13. The van der Waals surface area contributed by atoms with Crippen LogP contribution in [0.3, 0.4) is 0 Å². The molecule has 0 aliphatic heterocycles. The van der Waals surface area contributed by atoms with Crippen LogP contribution in [0.1, 0.15) is 19.3 Å². The average molecular weight is 143 g/mol. The van der Waals surface area contributed by atoms with Crippen LogP contribution in [0.5, 0.6) is 0 Å². The van der Waals surface area contributed by atoms with Crippen LogP contribution in [-0.2, 0) is 9.53 Å². The Labute approximate surface area is 60.5 Å². The Kier molecular flexibility index (Phi) is 2.68. The lowest BCUT2D eigenvalue weighted by Gasteiger charge is -1.98. The van der Waals surface area contributed by atoms with Gasteiger partial charge in [0.15, 0.2) is 0 Å². The van der Waals surface area contributed by atoms with Crippen LogP contribution in [0.2, 0.25) is 0 Å². The van der Waals surface area contributed by atoms with E-state index in [1.54, 1.807) is 0 Å². The van der Waals surface area contributed by atoms with E-state index in [0.29, 0.717) is 13.0 Å². The molecule has 3 heteroatoms. The van der Waals surface area contributed by atoms with Crippen molar-refractivity contribution in [2.75, 3.05) is 13.2 Å². The van der Waals surface area contributed by atoms with E-state index in [1.165, 1.54) is 12.8 Å². The number of ether oxygens (including phenoxy) is 1. The zero-order valence-corrected chi connectivity index (χ0v) is 6.01. The quantitative estimate of drug-likeness (QED) is 0.562. The Balaban J connectivity index is 1.80. The standard InChI is InChI=1S/C7H13NO2/c8-7(9)3-4-10-5-6-1-2-6/h6H,1-5H2,(H2,8,9). The van der Waals surface area contributed by atoms with E-state index in [9.17, 15) is 4.79 Å². The molecule has 0 heterocycles. The van der Waals surface area contributed by atoms with Gasteiger partial charge in [-0.2, -0.15) is 0 Å². The van der Waals surface area contributed by atoms with E-state index in [2.05, 4.69) is 0 Å². The Bertz CT molecular complexity index is 121. The lowest BCUT2D eigenvalue weighted by atomic mass is 10.4. The van der Waals surface area contributed by atoms with Crippen molar-refractivity contribution in [1.29, 1.82) is 0 Å². The molecule has 0 aromatic rings. The number of amides is 1. The van der Waals surface area contributed by atoms with Gasteiger partial charge in [0.2, 0.25) is 5.91 Å². The summed E-state index contributed by atoms with van der Waals surface area (Å²) < 4.78 is 5.17. The molecule has 2 N–H and O–H groups in total. The number of carbonyl (C=O) groups is 1. The van der Waals surface area contributed by atoms with Gasteiger partial charge in [0.05, 0.1) is 6.61 Å². The van der Waals surface area contributed by atoms with Gasteiger partial charge in [-0.05, 0) is 18.8 Å². The monoisotopic (exact) mass is 143 g/mol. The number of rotatable bonds is 5. The maximum Gasteiger partial charge on any atom is 0.219 e. The summed E-state index contributed by atoms with van der Waals surface area (Å²) in [5.74, 6) is 0.490. The molecule has 1 aliphatic carbocycles. The third-order valence-corrected chi connectivity index (χ3v) is 1.54. The Morgan fingerprint density at radius 2 is 2.30 bits per heavy atom. The minimum atomic E-state index is -0.282. The SMILES string of the molecule is NC(=O)CCOCC1CC1. The van der Waals surface area contributed by atoms with Crippen LogP contribution in [0.15, 0.2) is 0 Å². The van der Waals surface area contributed by atoms with Crippen LogP contribution in [-0.4, -0.2) is 19.1 Å². The largest absolute Gasteiger partial charge is 0.381 e. The van der Waals surface area contributed by atoms with Crippen molar-refractivity contribution >= 4 is 5.91 Å². The summed E-state index contributed by atoms with van der Waals surface area (Å²) in [6.07, 6.45) is 2.93. The van der Waals surface area contributed by atoms with Crippen molar-refractivity contribution in [3.63, 3.8) is 0 Å². The first-order valence-electron chi connectivity index (χ1n) is 3.65. The molecule has 0 aromatic carbocycles. The van der Waals surface area contributed by atoms with Gasteiger partial charge in [0, 0.05) is 13.0 Å². The average Bonchev–Trinajstić information content (AvgIpc) is 2.62. The third-order valence-electron chi connectivity index (χ3n) is 1.54. The number of hydrogen-bond acceptors (Lipinski definition) is 2. The van der Waals surface area contributed by atoms with Crippen molar-refractivity contribution in [2.24, 2.45) is 11.7 Å². The molecule has 0 atom stereocenters. The van der Waals surface area contributed by atoms with E-state index < -0.39 is 0 Å². The second-order valence-electron chi connectivity index (χ2n) is 2.73. The maximum atomic E-state index is 10.2. The van der Waals surface area contributed by atoms with Gasteiger partial charge in [-0.25, -0.2) is 0 Å². The molecule has 1 fully saturated rings. The molecule has 1 aliphatic rings. The molecule has 0 spiro atoms. The molecule has 0 radical (unpaired) electrons. The highest BCUT2D eigenvalue weighted by atomic mass is 16.5. The van der Waals surface area contributed by atoms with Gasteiger partial charge < -0.3 is 10.5 Å². The maximum absolute atomic E-state index is 10.2. The molecule has 1 amide bonds. The van der Waals surface area contributed by atoms with Crippen molar-refractivity contribution in [3.8, 4) is 0 Å². The summed E-state index contributed by atoms with van der Waals surface area (Å²) >= 11 is 0. The van der Waals surface area contributed by atoms with Crippen molar-refractivity contribution in [1.82, 2.24) is 0 Å².